The molecule has 5 aliphatic rings. The first-order chi connectivity index (χ1) is 52.3. The lowest BCUT2D eigenvalue weighted by Gasteiger charge is -2.52. The minimum absolute atomic E-state index is 0.110. The van der Waals surface area contributed by atoms with Crippen LogP contribution in [-0.4, -0.2) is 344 Å². The molecule has 29 atom stereocenters. The number of ether oxygens (including phenoxy) is 10. The molecule has 0 aliphatic carbocycles. The van der Waals surface area contributed by atoms with Crippen LogP contribution < -0.4 is 21.3 Å². The molecule has 0 aromatic rings. The molecule has 0 bridgehead atoms. The fourth-order valence-corrected chi connectivity index (χ4v) is 14.4. The van der Waals surface area contributed by atoms with Gasteiger partial charge in [-0.1, -0.05) is 142 Å². The maximum Gasteiger partial charge on any atom is 0.364 e. The van der Waals surface area contributed by atoms with Crippen LogP contribution in [0.2, 0.25) is 0 Å². The van der Waals surface area contributed by atoms with Gasteiger partial charge in [-0.3, -0.25) is 19.2 Å². The minimum Gasteiger partial charge on any atom is -0.477 e. The number of rotatable bonds is 50. The van der Waals surface area contributed by atoms with Gasteiger partial charge in [0.15, 0.2) is 18.9 Å². The summed E-state index contributed by atoms with van der Waals surface area (Å²) in [6.45, 7) is 0.439. The van der Waals surface area contributed by atoms with E-state index in [0.29, 0.717) is 12.8 Å². The van der Waals surface area contributed by atoms with E-state index in [1.54, 1.807) is 6.08 Å². The monoisotopic (exact) mass is 1590 g/mol. The van der Waals surface area contributed by atoms with Crippen LogP contribution >= 0.6 is 0 Å². The van der Waals surface area contributed by atoms with Gasteiger partial charge in [-0.15, -0.1) is 0 Å². The summed E-state index contributed by atoms with van der Waals surface area (Å²) in [7, 11) is 0. The van der Waals surface area contributed by atoms with E-state index in [1.165, 1.54) is 51.0 Å². The second-order valence-electron chi connectivity index (χ2n) is 29.3. The lowest BCUT2D eigenvalue weighted by Crippen LogP contribution is -2.72. The Hall–Kier alpha value is -4.48. The smallest absolute Gasteiger partial charge is 0.364 e. The first-order valence-corrected chi connectivity index (χ1v) is 38.7. The summed E-state index contributed by atoms with van der Waals surface area (Å²) < 4.78 is 59.7. The van der Waals surface area contributed by atoms with E-state index in [1.807, 2.05) is 0 Å². The van der Waals surface area contributed by atoms with Crippen LogP contribution in [-0.2, 0) is 76.1 Å². The normalized spacial score (nSPS) is 34.5. The number of amides is 4. The van der Waals surface area contributed by atoms with Gasteiger partial charge in [-0.2, -0.15) is 0 Å². The number of nitrogens with one attached hydrogen (secondary N) is 4. The van der Waals surface area contributed by atoms with Gasteiger partial charge in [0, 0.05) is 40.0 Å². The van der Waals surface area contributed by atoms with Crippen molar-refractivity contribution in [2.45, 2.75) is 365 Å². The summed E-state index contributed by atoms with van der Waals surface area (Å²) in [5.74, 6) is -14.6. The lowest BCUT2D eigenvalue weighted by atomic mass is 9.87. The summed E-state index contributed by atoms with van der Waals surface area (Å²) in [5, 5.41) is 212. The van der Waals surface area contributed by atoms with Gasteiger partial charge in [0.2, 0.25) is 23.6 Å². The number of hydrogen-bond donors (Lipinski definition) is 22. The molecule has 38 nitrogen and oxygen atoms in total. The third-order valence-corrected chi connectivity index (χ3v) is 20.5. The second-order valence-corrected chi connectivity index (χ2v) is 29.3. The zero-order chi connectivity index (χ0) is 81.6. The van der Waals surface area contributed by atoms with Crippen molar-refractivity contribution in [3.63, 3.8) is 0 Å². The Morgan fingerprint density at radius 1 is 0.491 bits per heavy atom. The highest BCUT2D eigenvalue weighted by atomic mass is 16.8. The second kappa shape index (κ2) is 48.1. The van der Waals surface area contributed by atoms with Crippen LogP contribution in [0.15, 0.2) is 12.2 Å². The van der Waals surface area contributed by atoms with E-state index in [2.05, 4.69) is 35.1 Å². The Labute approximate surface area is 640 Å². The number of aliphatic carboxylic acids is 2. The van der Waals surface area contributed by atoms with Gasteiger partial charge in [-0.05, 0) is 19.3 Å². The van der Waals surface area contributed by atoms with Crippen molar-refractivity contribution in [2.75, 3.05) is 39.6 Å². The van der Waals surface area contributed by atoms with Gasteiger partial charge in [0.25, 0.3) is 11.6 Å². The molecule has 38 heteroatoms. The van der Waals surface area contributed by atoms with E-state index >= 15 is 0 Å². The summed E-state index contributed by atoms with van der Waals surface area (Å²) >= 11 is 0. The highest BCUT2D eigenvalue weighted by Crippen LogP contribution is 2.42. The minimum atomic E-state index is -3.59. The predicted octanol–water partition coefficient (Wildman–Crippen LogP) is -4.03. The standard InChI is InChI=1S/C72H126N4O34/c1-6-8-10-12-14-16-17-18-19-21-22-24-26-28-42(85)41(76-50(89)29-27-25-23-20-15-13-11-9-7-2)37-101-67-59(95)58(94)61(48(35-80)103-67)105-68-60(96)65(62(49(36-81)104-68)106-66-53(75-40(5)84)57(93)55(91)46(33-78)102-66)110-72(70(99)100)31-44(87)52(74-39(4)83)64(109-72)56(92)47(34-79)107-71(69(97)98)30-43(86)51(73-38(3)82)63(108-71)54(90)45(88)32-77/h26,28,41-49,51-68,77-81,85-88,90-96H,6-25,27,29-37H2,1-5H3,(H,73,82)(H,74,83)(H,75,84)(H,76,89)(H,97,98)(H,99,100)/b28-26+/t41-,42+,43-,44-,45+,46+,47+,48+,49+,51+,52+,53+,54+,55-,56+,57+,58+,59+,60+,61+,62-,63?,64?,65+,66-,67+,68-,71+,72-/m0/s1. The molecule has 5 rings (SSSR count). The van der Waals surface area contributed by atoms with Gasteiger partial charge in [0.1, 0.15) is 110 Å². The van der Waals surface area contributed by atoms with E-state index < -0.39 is 265 Å². The number of carbonyl (C=O) groups is 6. The molecule has 0 saturated carbocycles. The number of allylic oxidation sites excluding steroid dienone is 1. The molecule has 5 heterocycles. The van der Waals surface area contributed by atoms with Crippen molar-refractivity contribution in [3.05, 3.63) is 12.2 Å². The first-order valence-electron chi connectivity index (χ1n) is 38.7. The van der Waals surface area contributed by atoms with Crippen molar-refractivity contribution in [1.82, 2.24) is 21.3 Å². The summed E-state index contributed by atoms with van der Waals surface area (Å²) in [5.41, 5.74) is 0. The Morgan fingerprint density at radius 3 is 1.45 bits per heavy atom. The molecule has 0 aromatic heterocycles. The third kappa shape index (κ3) is 27.6. The fraction of sp³-hybridized carbons (Fsp3) is 0.889. The van der Waals surface area contributed by atoms with E-state index in [4.69, 9.17) is 47.4 Å². The van der Waals surface area contributed by atoms with Crippen molar-refractivity contribution in [1.29, 1.82) is 0 Å². The van der Waals surface area contributed by atoms with Crippen LogP contribution in [0.4, 0.5) is 0 Å². The maximum absolute atomic E-state index is 14.1. The Bertz CT molecular complexity index is 2750. The summed E-state index contributed by atoms with van der Waals surface area (Å²) in [4.78, 5) is 78.8. The van der Waals surface area contributed by atoms with Gasteiger partial charge < -0.3 is 161 Å². The molecule has 110 heavy (non-hydrogen) atoms. The average molecular weight is 1590 g/mol. The van der Waals surface area contributed by atoms with E-state index in [9.17, 15) is 121 Å². The van der Waals surface area contributed by atoms with Gasteiger partial charge in [-0.25, -0.2) is 9.59 Å². The fourth-order valence-electron chi connectivity index (χ4n) is 14.4. The van der Waals surface area contributed by atoms with E-state index in [-0.39, 0.29) is 6.42 Å². The number of unbranched alkanes of at least 4 members (excludes halogenated alkanes) is 19. The highest BCUT2D eigenvalue weighted by Gasteiger charge is 2.64. The highest BCUT2D eigenvalue weighted by molar-refractivity contribution is 5.78. The number of carboxylic acid groups (broad SMARTS) is 2. The largest absolute Gasteiger partial charge is 0.477 e. The van der Waals surface area contributed by atoms with E-state index in [0.717, 1.165) is 97.8 Å². The lowest BCUT2D eigenvalue weighted by molar-refractivity contribution is -0.402. The van der Waals surface area contributed by atoms with Crippen molar-refractivity contribution in [3.8, 4) is 0 Å². The first kappa shape index (κ1) is 96.1. The molecule has 4 amide bonds. The number of aliphatic hydroxyl groups excluding tert-OH is 16. The SMILES string of the molecule is CCCCCCCCCCCCC/C=C/[C@@H](O)[C@H](CO[C@@H]1O[C@H](CO)[C@@H](O[C@@H]2O[C@H](CO)[C@H](O[C@@H]3O[C@H](CO)[C@H](O)[C@H](O)[C@H]3NC(C)=O)[C@H](O[C@]3(C(=O)O)C[C@H](O)[C@@H](NC(C)=O)C([C@H](O)[C@@H](CO)O[C@]4(C(=O)O)C[C@H](O)[C@@H](NC(C)=O)C([C@H](O)[C@H](O)CO)O4)O3)[C@H]2O)[C@H](O)[C@H]1O)NC(=O)CCCCCCCCCCC. The van der Waals surface area contributed by atoms with Crippen molar-refractivity contribution < 1.29 is 168 Å². The Balaban J connectivity index is 1.48. The maximum atomic E-state index is 14.1. The summed E-state index contributed by atoms with van der Waals surface area (Å²) in [6, 6.07) is -6.82. The van der Waals surface area contributed by atoms with Crippen LogP contribution in [0.5, 0.6) is 0 Å². The molecule has 5 saturated heterocycles. The molecule has 2 unspecified atom stereocenters. The molecule has 22 N–H and O–H groups in total. The Kier molecular flexibility index (Phi) is 42.1. The van der Waals surface area contributed by atoms with Gasteiger partial charge in [0.05, 0.1) is 76.1 Å². The molecular weight excluding hydrogens is 1460 g/mol. The predicted molar refractivity (Wildman–Crippen MR) is 379 cm³/mol. The zero-order valence-electron chi connectivity index (χ0n) is 63.5. The molecule has 5 fully saturated rings. The number of aliphatic hydroxyl groups is 16. The third-order valence-electron chi connectivity index (χ3n) is 20.5. The number of carbonyl (C=O) groups excluding carboxylic acids is 4. The molecular formula is C72H126N4O34. The molecule has 5 aliphatic heterocycles. The average Bonchev–Trinajstić information content (AvgIpc) is 0.774. The number of carboxylic acids is 2. The molecule has 0 spiro atoms. The quantitative estimate of drug-likeness (QED) is 0.0204. The van der Waals surface area contributed by atoms with Crippen LogP contribution in [0.1, 0.15) is 189 Å². The topological polar surface area (TPSA) is 607 Å². The molecule has 0 aromatic carbocycles. The van der Waals surface area contributed by atoms with Crippen LogP contribution in [0.3, 0.4) is 0 Å². The summed E-state index contributed by atoms with van der Waals surface area (Å²) in [6.07, 6.45) is -27.3. The molecule has 0 radical (unpaired) electrons. The molecule has 638 valence electrons. The number of hydrogen-bond acceptors (Lipinski definition) is 32. The van der Waals surface area contributed by atoms with Gasteiger partial charge >= 0.3 is 11.9 Å². The van der Waals surface area contributed by atoms with Crippen LogP contribution in [0, 0.1) is 0 Å². The Morgan fingerprint density at radius 2 is 0.945 bits per heavy atom. The van der Waals surface area contributed by atoms with Crippen molar-refractivity contribution >= 4 is 35.6 Å². The van der Waals surface area contributed by atoms with Crippen LogP contribution in [0.25, 0.3) is 0 Å². The zero-order valence-corrected chi connectivity index (χ0v) is 63.5. The van der Waals surface area contributed by atoms with Crippen molar-refractivity contribution in [2.24, 2.45) is 0 Å².